The first kappa shape index (κ1) is 19.0. The van der Waals surface area contributed by atoms with Crippen LogP contribution in [0.5, 0.6) is 5.75 Å². The number of anilines is 1. The molecule has 5 nitrogen and oxygen atoms in total. The van der Waals surface area contributed by atoms with Crippen molar-refractivity contribution in [2.45, 2.75) is 32.6 Å². The number of carbonyl (C=O) groups excluding carboxylic acids is 2. The zero-order valence-corrected chi connectivity index (χ0v) is 16.0. The number of amides is 2. The van der Waals surface area contributed by atoms with Crippen LogP contribution in [0, 0.1) is 6.92 Å². The first-order valence-electron chi connectivity index (χ1n) is 9.39. The summed E-state index contributed by atoms with van der Waals surface area (Å²) in [4.78, 5) is 26.7. The molecule has 2 amide bonds. The molecule has 0 aliphatic carbocycles. The average Bonchev–Trinajstić information content (AvgIpc) is 3.22. The van der Waals surface area contributed by atoms with Crippen molar-refractivity contribution in [3.63, 3.8) is 0 Å². The summed E-state index contributed by atoms with van der Waals surface area (Å²) in [6, 6.07) is 13.2. The zero-order valence-electron chi connectivity index (χ0n) is 16.0. The van der Waals surface area contributed by atoms with E-state index >= 15 is 0 Å². The highest BCUT2D eigenvalue weighted by Gasteiger charge is 2.20. The molecule has 27 heavy (non-hydrogen) atoms. The van der Waals surface area contributed by atoms with E-state index in [9.17, 15) is 9.59 Å². The van der Waals surface area contributed by atoms with Crippen LogP contribution in [0.3, 0.4) is 0 Å². The lowest BCUT2D eigenvalue weighted by Crippen LogP contribution is -2.27. The maximum absolute atomic E-state index is 12.5. The number of hydrogen-bond acceptors (Lipinski definition) is 3. The van der Waals surface area contributed by atoms with E-state index in [0.717, 1.165) is 48.5 Å². The number of hydrogen-bond donors (Lipinski definition) is 1. The lowest BCUT2D eigenvalue weighted by Gasteiger charge is -2.16. The Labute approximate surface area is 160 Å². The number of nitrogens with zero attached hydrogens (tertiary/aromatic N) is 1. The van der Waals surface area contributed by atoms with Gasteiger partial charge in [0, 0.05) is 30.8 Å². The standard InChI is InChI=1S/C22H26N2O3/c1-16-14-18(22(26)24-12-3-4-13-24)9-10-20(16)23-21(25)11-8-17-6-5-7-19(15-17)27-2/h5-7,9-10,14-15H,3-4,8,11-13H2,1-2H3,(H,23,25). The van der Waals surface area contributed by atoms with Crippen LogP contribution in [0.15, 0.2) is 42.5 Å². The maximum Gasteiger partial charge on any atom is 0.253 e. The lowest BCUT2D eigenvalue weighted by molar-refractivity contribution is -0.116. The Morgan fingerprint density at radius 1 is 1.11 bits per heavy atom. The van der Waals surface area contributed by atoms with Gasteiger partial charge in [-0.3, -0.25) is 9.59 Å². The van der Waals surface area contributed by atoms with Crippen molar-refractivity contribution in [3.8, 4) is 5.75 Å². The van der Waals surface area contributed by atoms with Crippen LogP contribution < -0.4 is 10.1 Å². The van der Waals surface area contributed by atoms with E-state index < -0.39 is 0 Å². The average molecular weight is 366 g/mol. The Hall–Kier alpha value is -2.82. The predicted octanol–water partition coefficient (Wildman–Crippen LogP) is 3.81. The first-order valence-corrected chi connectivity index (χ1v) is 9.39. The van der Waals surface area contributed by atoms with Gasteiger partial charge in [0.05, 0.1) is 7.11 Å². The Bertz CT molecular complexity index is 826. The predicted molar refractivity (Wildman–Crippen MR) is 106 cm³/mol. The van der Waals surface area contributed by atoms with Gasteiger partial charge < -0.3 is 15.0 Å². The molecular weight excluding hydrogens is 340 g/mol. The van der Waals surface area contributed by atoms with Crippen LogP contribution in [0.1, 0.15) is 40.7 Å². The third kappa shape index (κ3) is 4.88. The Morgan fingerprint density at radius 3 is 2.59 bits per heavy atom. The summed E-state index contributed by atoms with van der Waals surface area (Å²) in [5, 5.41) is 2.95. The molecule has 0 atom stereocenters. The summed E-state index contributed by atoms with van der Waals surface area (Å²) in [5.41, 5.74) is 3.40. The molecule has 0 unspecified atom stereocenters. The fraction of sp³-hybridized carbons (Fsp3) is 0.364. The minimum Gasteiger partial charge on any atom is -0.497 e. The van der Waals surface area contributed by atoms with Gasteiger partial charge in [-0.15, -0.1) is 0 Å². The fourth-order valence-corrected chi connectivity index (χ4v) is 3.34. The Balaban J connectivity index is 1.58. The second kappa shape index (κ2) is 8.71. The van der Waals surface area contributed by atoms with Gasteiger partial charge in [0.1, 0.15) is 5.75 Å². The number of ether oxygens (including phenoxy) is 1. The molecule has 1 aliphatic heterocycles. The van der Waals surface area contributed by atoms with E-state index in [1.807, 2.05) is 48.2 Å². The van der Waals surface area contributed by atoms with E-state index in [2.05, 4.69) is 5.32 Å². The minimum atomic E-state index is -0.0421. The summed E-state index contributed by atoms with van der Waals surface area (Å²) in [7, 11) is 1.63. The topological polar surface area (TPSA) is 58.6 Å². The monoisotopic (exact) mass is 366 g/mol. The number of aryl methyl sites for hydroxylation is 2. The van der Waals surface area contributed by atoms with Crippen molar-refractivity contribution in [3.05, 3.63) is 59.2 Å². The van der Waals surface area contributed by atoms with Crippen LogP contribution in [0.2, 0.25) is 0 Å². The van der Waals surface area contributed by atoms with Gasteiger partial charge in [-0.1, -0.05) is 12.1 Å². The highest BCUT2D eigenvalue weighted by Crippen LogP contribution is 2.20. The number of likely N-dealkylation sites (tertiary alicyclic amines) is 1. The largest absolute Gasteiger partial charge is 0.497 e. The summed E-state index contributed by atoms with van der Waals surface area (Å²) >= 11 is 0. The SMILES string of the molecule is COc1cccc(CCC(=O)Nc2ccc(C(=O)N3CCCC3)cc2C)c1. The van der Waals surface area contributed by atoms with Crippen LogP contribution in [0.4, 0.5) is 5.69 Å². The molecule has 0 radical (unpaired) electrons. The minimum absolute atomic E-state index is 0.0421. The first-order chi connectivity index (χ1) is 13.1. The molecule has 5 heteroatoms. The number of methoxy groups -OCH3 is 1. The van der Waals surface area contributed by atoms with Crippen molar-refractivity contribution in [2.75, 3.05) is 25.5 Å². The van der Waals surface area contributed by atoms with Crippen molar-refractivity contribution in [1.82, 2.24) is 4.90 Å². The highest BCUT2D eigenvalue weighted by molar-refractivity contribution is 5.96. The van der Waals surface area contributed by atoms with Crippen LogP contribution >= 0.6 is 0 Å². The van der Waals surface area contributed by atoms with Gasteiger partial charge in [-0.2, -0.15) is 0 Å². The fourth-order valence-electron chi connectivity index (χ4n) is 3.34. The normalized spacial score (nSPS) is 13.5. The van der Waals surface area contributed by atoms with Crippen molar-refractivity contribution in [2.24, 2.45) is 0 Å². The van der Waals surface area contributed by atoms with E-state index in [-0.39, 0.29) is 11.8 Å². The lowest BCUT2D eigenvalue weighted by atomic mass is 10.1. The van der Waals surface area contributed by atoms with Gasteiger partial charge in [0.2, 0.25) is 5.91 Å². The van der Waals surface area contributed by atoms with E-state index in [1.54, 1.807) is 13.2 Å². The molecule has 1 N–H and O–H groups in total. The third-order valence-corrected chi connectivity index (χ3v) is 4.92. The molecule has 0 spiro atoms. The summed E-state index contributed by atoms with van der Waals surface area (Å²) < 4.78 is 5.21. The summed E-state index contributed by atoms with van der Waals surface area (Å²) in [5.74, 6) is 0.827. The smallest absolute Gasteiger partial charge is 0.253 e. The second-order valence-corrected chi connectivity index (χ2v) is 6.93. The van der Waals surface area contributed by atoms with Gasteiger partial charge in [-0.05, 0) is 67.6 Å². The van der Waals surface area contributed by atoms with Crippen LogP contribution in [-0.2, 0) is 11.2 Å². The Morgan fingerprint density at radius 2 is 1.89 bits per heavy atom. The van der Waals surface area contributed by atoms with Crippen molar-refractivity contribution in [1.29, 1.82) is 0 Å². The Kier molecular flexibility index (Phi) is 6.12. The molecule has 1 aliphatic rings. The van der Waals surface area contributed by atoms with Gasteiger partial charge in [0.25, 0.3) is 5.91 Å². The summed E-state index contributed by atoms with van der Waals surface area (Å²) in [6.45, 7) is 3.58. The molecule has 2 aromatic rings. The molecular formula is C22H26N2O3. The quantitative estimate of drug-likeness (QED) is 0.846. The van der Waals surface area contributed by atoms with Gasteiger partial charge in [0.15, 0.2) is 0 Å². The molecule has 1 saturated heterocycles. The highest BCUT2D eigenvalue weighted by atomic mass is 16.5. The summed E-state index contributed by atoms with van der Waals surface area (Å²) in [6.07, 6.45) is 3.19. The molecule has 1 heterocycles. The van der Waals surface area contributed by atoms with Crippen molar-refractivity contribution < 1.29 is 14.3 Å². The molecule has 0 bridgehead atoms. The molecule has 1 fully saturated rings. The maximum atomic E-state index is 12.5. The van der Waals surface area contributed by atoms with E-state index in [0.29, 0.717) is 18.4 Å². The molecule has 3 rings (SSSR count). The van der Waals surface area contributed by atoms with E-state index in [4.69, 9.17) is 4.74 Å². The van der Waals surface area contributed by atoms with Crippen molar-refractivity contribution >= 4 is 17.5 Å². The van der Waals surface area contributed by atoms with Crippen LogP contribution in [0.25, 0.3) is 0 Å². The third-order valence-electron chi connectivity index (χ3n) is 4.92. The molecule has 0 saturated carbocycles. The zero-order chi connectivity index (χ0) is 19.2. The number of rotatable bonds is 6. The number of nitrogens with one attached hydrogen (secondary N) is 1. The molecule has 2 aromatic carbocycles. The second-order valence-electron chi connectivity index (χ2n) is 6.93. The van der Waals surface area contributed by atoms with E-state index in [1.165, 1.54) is 0 Å². The van der Waals surface area contributed by atoms with Gasteiger partial charge >= 0.3 is 0 Å². The van der Waals surface area contributed by atoms with Crippen LogP contribution in [-0.4, -0.2) is 36.9 Å². The number of carbonyl (C=O) groups is 2. The van der Waals surface area contributed by atoms with Gasteiger partial charge in [-0.25, -0.2) is 0 Å². The molecule has 142 valence electrons. The number of benzene rings is 2. The molecule has 0 aromatic heterocycles.